The largest absolute Gasteiger partial charge is 0.411 e. The molecule has 0 saturated heterocycles. The van der Waals surface area contributed by atoms with E-state index < -0.39 is 12.8 Å². The van der Waals surface area contributed by atoms with Gasteiger partial charge in [-0.2, -0.15) is 13.2 Å². The maximum absolute atomic E-state index is 11.6. The number of ether oxygens (including phenoxy) is 1. The molecule has 0 heterocycles. The van der Waals surface area contributed by atoms with Gasteiger partial charge < -0.3 is 10.5 Å². The molecule has 13 heavy (non-hydrogen) atoms. The van der Waals surface area contributed by atoms with Crippen molar-refractivity contribution < 1.29 is 17.9 Å². The maximum atomic E-state index is 11.6. The zero-order valence-electron chi connectivity index (χ0n) is 8.11. The molecule has 0 aromatic rings. The van der Waals surface area contributed by atoms with Crippen molar-refractivity contribution in [1.82, 2.24) is 0 Å². The van der Waals surface area contributed by atoms with Crippen LogP contribution in [0.15, 0.2) is 0 Å². The van der Waals surface area contributed by atoms with Crippen molar-refractivity contribution in [2.75, 3.05) is 13.2 Å². The topological polar surface area (TPSA) is 35.2 Å². The third kappa shape index (κ3) is 6.83. The molecule has 0 aromatic heterocycles. The number of nitrogens with two attached hydrogens (primary N) is 1. The fourth-order valence-corrected chi connectivity index (χ4v) is 0.552. The van der Waals surface area contributed by atoms with Crippen LogP contribution in [-0.2, 0) is 4.74 Å². The van der Waals surface area contributed by atoms with Gasteiger partial charge in [0.15, 0.2) is 0 Å². The van der Waals surface area contributed by atoms with Crippen molar-refractivity contribution in [2.45, 2.75) is 33.0 Å². The SMILES string of the molecule is CC(C)(C)C(N)COCC(F)(F)F. The summed E-state index contributed by atoms with van der Waals surface area (Å²) in [6.45, 7) is 4.28. The van der Waals surface area contributed by atoms with Crippen LogP contribution in [0.25, 0.3) is 0 Å². The highest BCUT2D eigenvalue weighted by Crippen LogP contribution is 2.19. The van der Waals surface area contributed by atoms with Crippen molar-refractivity contribution >= 4 is 0 Å². The van der Waals surface area contributed by atoms with E-state index in [0.717, 1.165) is 0 Å². The average molecular weight is 199 g/mol. The first-order chi connectivity index (χ1) is 5.63. The first-order valence-electron chi connectivity index (χ1n) is 4.03. The lowest BCUT2D eigenvalue weighted by atomic mass is 9.88. The van der Waals surface area contributed by atoms with Gasteiger partial charge in [-0.05, 0) is 5.41 Å². The third-order valence-corrected chi connectivity index (χ3v) is 1.68. The molecule has 0 amide bonds. The highest BCUT2D eigenvalue weighted by atomic mass is 19.4. The first kappa shape index (κ1) is 12.7. The lowest BCUT2D eigenvalue weighted by Gasteiger charge is -2.26. The molecule has 0 saturated carbocycles. The molecule has 0 fully saturated rings. The Bertz CT molecular complexity index is 150. The van der Waals surface area contributed by atoms with Crippen LogP contribution in [0, 0.1) is 5.41 Å². The molecule has 80 valence electrons. The molecule has 0 aromatic carbocycles. The predicted molar refractivity (Wildman–Crippen MR) is 44.3 cm³/mol. The summed E-state index contributed by atoms with van der Waals surface area (Å²) in [4.78, 5) is 0. The minimum atomic E-state index is -4.27. The molecular formula is C8H16F3NO. The van der Waals surface area contributed by atoms with Gasteiger partial charge >= 0.3 is 6.18 Å². The molecule has 0 rings (SSSR count). The molecule has 2 nitrogen and oxygen atoms in total. The molecular weight excluding hydrogens is 183 g/mol. The van der Waals surface area contributed by atoms with E-state index in [0.29, 0.717) is 0 Å². The van der Waals surface area contributed by atoms with Crippen LogP contribution in [0.4, 0.5) is 13.2 Å². The monoisotopic (exact) mass is 199 g/mol. The van der Waals surface area contributed by atoms with Gasteiger partial charge in [-0.1, -0.05) is 20.8 Å². The zero-order chi connectivity index (χ0) is 10.7. The van der Waals surface area contributed by atoms with Crippen LogP contribution < -0.4 is 5.73 Å². The smallest absolute Gasteiger partial charge is 0.370 e. The Morgan fingerprint density at radius 3 is 2.00 bits per heavy atom. The molecule has 0 aliphatic carbocycles. The molecule has 5 heteroatoms. The third-order valence-electron chi connectivity index (χ3n) is 1.68. The molecule has 0 radical (unpaired) electrons. The lowest BCUT2D eigenvalue weighted by molar-refractivity contribution is -0.176. The summed E-state index contributed by atoms with van der Waals surface area (Å²) >= 11 is 0. The summed E-state index contributed by atoms with van der Waals surface area (Å²) < 4.78 is 39.3. The van der Waals surface area contributed by atoms with Gasteiger partial charge in [-0.25, -0.2) is 0 Å². The van der Waals surface area contributed by atoms with Crippen LogP contribution in [0.1, 0.15) is 20.8 Å². The number of hydrogen-bond acceptors (Lipinski definition) is 2. The van der Waals surface area contributed by atoms with E-state index in [9.17, 15) is 13.2 Å². The Balaban J connectivity index is 3.67. The van der Waals surface area contributed by atoms with Gasteiger partial charge in [-0.15, -0.1) is 0 Å². The van der Waals surface area contributed by atoms with E-state index in [4.69, 9.17) is 5.73 Å². The number of halogens is 3. The minimum absolute atomic E-state index is 0.0665. The summed E-state index contributed by atoms with van der Waals surface area (Å²) in [6, 6.07) is -0.380. The Labute approximate surface area is 76.2 Å². The second kappa shape index (κ2) is 4.28. The van der Waals surface area contributed by atoms with Crippen LogP contribution in [0.5, 0.6) is 0 Å². The Hall–Kier alpha value is -0.290. The van der Waals surface area contributed by atoms with Crippen LogP contribution in [0.3, 0.4) is 0 Å². The second-order valence-electron chi connectivity index (χ2n) is 4.10. The van der Waals surface area contributed by atoms with E-state index >= 15 is 0 Å². The molecule has 0 aliphatic rings. The van der Waals surface area contributed by atoms with E-state index in [1.54, 1.807) is 0 Å². The Morgan fingerprint density at radius 1 is 1.23 bits per heavy atom. The van der Waals surface area contributed by atoms with Crippen molar-refractivity contribution in [3.8, 4) is 0 Å². The van der Waals surface area contributed by atoms with Crippen molar-refractivity contribution in [2.24, 2.45) is 11.1 Å². The van der Waals surface area contributed by atoms with Gasteiger partial charge in [-0.3, -0.25) is 0 Å². The van der Waals surface area contributed by atoms with Gasteiger partial charge in [0.1, 0.15) is 6.61 Å². The lowest BCUT2D eigenvalue weighted by Crippen LogP contribution is -2.40. The quantitative estimate of drug-likeness (QED) is 0.753. The van der Waals surface area contributed by atoms with Crippen molar-refractivity contribution in [3.05, 3.63) is 0 Å². The molecule has 1 unspecified atom stereocenters. The van der Waals surface area contributed by atoms with Gasteiger partial charge in [0, 0.05) is 6.04 Å². The van der Waals surface area contributed by atoms with E-state index in [2.05, 4.69) is 4.74 Å². The summed E-state index contributed by atoms with van der Waals surface area (Å²) in [5.74, 6) is 0. The Morgan fingerprint density at radius 2 is 1.69 bits per heavy atom. The van der Waals surface area contributed by atoms with Gasteiger partial charge in [0.25, 0.3) is 0 Å². The highest BCUT2D eigenvalue weighted by Gasteiger charge is 2.29. The summed E-state index contributed by atoms with van der Waals surface area (Å²) in [7, 11) is 0. The molecule has 0 aliphatic heterocycles. The number of rotatable bonds is 3. The standard InChI is InChI=1S/C8H16F3NO/c1-7(2,3)6(12)4-13-5-8(9,10)11/h6H,4-5,12H2,1-3H3. The maximum Gasteiger partial charge on any atom is 0.411 e. The van der Waals surface area contributed by atoms with Crippen LogP contribution >= 0.6 is 0 Å². The normalized spacial score (nSPS) is 15.9. The second-order valence-corrected chi connectivity index (χ2v) is 4.10. The molecule has 2 N–H and O–H groups in total. The first-order valence-corrected chi connectivity index (χ1v) is 4.03. The summed E-state index contributed by atoms with van der Waals surface area (Å²) in [5, 5.41) is 0. The summed E-state index contributed by atoms with van der Waals surface area (Å²) in [5.41, 5.74) is 5.36. The van der Waals surface area contributed by atoms with Crippen LogP contribution in [0.2, 0.25) is 0 Å². The van der Waals surface area contributed by atoms with Gasteiger partial charge in [0.05, 0.1) is 6.61 Å². The number of hydrogen-bond donors (Lipinski definition) is 1. The Kier molecular flexibility index (Phi) is 4.19. The van der Waals surface area contributed by atoms with E-state index in [-0.39, 0.29) is 18.1 Å². The highest BCUT2D eigenvalue weighted by molar-refractivity contribution is 4.76. The fourth-order valence-electron chi connectivity index (χ4n) is 0.552. The average Bonchev–Trinajstić information content (AvgIpc) is 1.82. The van der Waals surface area contributed by atoms with Gasteiger partial charge in [0.2, 0.25) is 0 Å². The van der Waals surface area contributed by atoms with Crippen LogP contribution in [-0.4, -0.2) is 25.4 Å². The molecule has 1 atom stereocenters. The number of alkyl halides is 3. The summed E-state index contributed by atoms with van der Waals surface area (Å²) in [6.07, 6.45) is -4.27. The fraction of sp³-hybridized carbons (Fsp3) is 1.00. The molecule has 0 bridgehead atoms. The van der Waals surface area contributed by atoms with Crippen molar-refractivity contribution in [3.63, 3.8) is 0 Å². The van der Waals surface area contributed by atoms with E-state index in [1.165, 1.54) is 0 Å². The molecule has 0 spiro atoms. The predicted octanol–water partition coefficient (Wildman–Crippen LogP) is 1.94. The van der Waals surface area contributed by atoms with Crippen molar-refractivity contribution in [1.29, 1.82) is 0 Å². The zero-order valence-corrected chi connectivity index (χ0v) is 8.11. The minimum Gasteiger partial charge on any atom is -0.370 e. The van der Waals surface area contributed by atoms with E-state index in [1.807, 2.05) is 20.8 Å².